The lowest BCUT2D eigenvalue weighted by Crippen LogP contribution is -2.29. The van der Waals surface area contributed by atoms with Gasteiger partial charge in [-0.25, -0.2) is 4.68 Å². The highest BCUT2D eigenvalue weighted by molar-refractivity contribution is 5.77. The van der Waals surface area contributed by atoms with Gasteiger partial charge in [0, 0.05) is 0 Å². The summed E-state index contributed by atoms with van der Waals surface area (Å²) in [6.45, 7) is 0.764. The number of rotatable bonds is 5. The summed E-state index contributed by atoms with van der Waals surface area (Å²) in [5, 5.41) is 19.9. The smallest absolute Gasteiger partial charge is 0.234 e. The number of phenols is 1. The Kier molecular flexibility index (Phi) is 4.09. The Morgan fingerprint density at radius 2 is 2.32 bits per heavy atom. The van der Waals surface area contributed by atoms with Crippen LogP contribution in [0.4, 0.5) is 0 Å². The van der Waals surface area contributed by atoms with E-state index in [1.54, 1.807) is 29.1 Å². The van der Waals surface area contributed by atoms with Gasteiger partial charge in [0.1, 0.15) is 11.4 Å². The molecular weight excluding hydrogens is 246 g/mol. The molecule has 0 aliphatic heterocycles. The van der Waals surface area contributed by atoms with Crippen LogP contribution in [0.5, 0.6) is 5.75 Å². The van der Waals surface area contributed by atoms with Crippen LogP contribution in [0.1, 0.15) is 11.3 Å². The molecule has 0 saturated heterocycles. The van der Waals surface area contributed by atoms with E-state index in [-0.39, 0.29) is 18.2 Å². The number of amides is 1. The molecule has 0 aliphatic carbocycles. The summed E-state index contributed by atoms with van der Waals surface area (Å²) in [6, 6.07) is 6.93. The molecule has 1 heterocycles. The van der Waals surface area contributed by atoms with Gasteiger partial charge in [-0.3, -0.25) is 4.79 Å². The molecule has 0 unspecified atom stereocenters. The van der Waals surface area contributed by atoms with Gasteiger partial charge in [0.15, 0.2) is 0 Å². The third-order valence-electron chi connectivity index (χ3n) is 2.49. The molecule has 0 fully saturated rings. The van der Waals surface area contributed by atoms with Crippen molar-refractivity contribution in [1.29, 1.82) is 0 Å². The molecule has 7 heteroatoms. The number of nitrogens with two attached hydrogens (primary N) is 1. The third kappa shape index (κ3) is 3.78. The van der Waals surface area contributed by atoms with E-state index >= 15 is 0 Å². The summed E-state index contributed by atoms with van der Waals surface area (Å²) in [6.07, 6.45) is 1.74. The monoisotopic (exact) mass is 261 g/mol. The van der Waals surface area contributed by atoms with Crippen molar-refractivity contribution < 1.29 is 9.90 Å². The van der Waals surface area contributed by atoms with E-state index in [0.29, 0.717) is 18.8 Å². The summed E-state index contributed by atoms with van der Waals surface area (Å²) < 4.78 is 1.64. The minimum atomic E-state index is -0.234. The van der Waals surface area contributed by atoms with Crippen molar-refractivity contribution in [3.05, 3.63) is 41.7 Å². The summed E-state index contributed by atoms with van der Waals surface area (Å²) in [5.74, 6) is -0.0180. The molecule has 1 aromatic heterocycles. The maximum atomic E-state index is 11.0. The third-order valence-corrected chi connectivity index (χ3v) is 2.49. The Bertz CT molecular complexity index is 567. The van der Waals surface area contributed by atoms with Crippen LogP contribution in [0, 0.1) is 0 Å². The Morgan fingerprint density at radius 3 is 3.05 bits per heavy atom. The van der Waals surface area contributed by atoms with Crippen LogP contribution in [0.25, 0.3) is 0 Å². The van der Waals surface area contributed by atoms with E-state index in [0.717, 1.165) is 5.56 Å². The number of benzene rings is 1. The predicted molar refractivity (Wildman–Crippen MR) is 68.1 cm³/mol. The first-order chi connectivity index (χ1) is 9.17. The van der Waals surface area contributed by atoms with Gasteiger partial charge in [-0.15, -0.1) is 5.10 Å². The quantitative estimate of drug-likeness (QED) is 0.679. The highest BCUT2D eigenvalue weighted by Crippen LogP contribution is 2.11. The van der Waals surface area contributed by atoms with Crippen LogP contribution < -0.4 is 11.1 Å². The Labute approximate surface area is 110 Å². The average Bonchev–Trinajstić information content (AvgIpc) is 2.83. The van der Waals surface area contributed by atoms with Crippen LogP contribution in [0.15, 0.2) is 30.5 Å². The van der Waals surface area contributed by atoms with Crippen molar-refractivity contribution in [3.8, 4) is 5.75 Å². The van der Waals surface area contributed by atoms with E-state index < -0.39 is 0 Å². The minimum Gasteiger partial charge on any atom is -0.508 e. The minimum absolute atomic E-state index is 0.0442. The van der Waals surface area contributed by atoms with Crippen molar-refractivity contribution in [2.75, 3.05) is 6.54 Å². The van der Waals surface area contributed by atoms with E-state index in [2.05, 4.69) is 15.6 Å². The van der Waals surface area contributed by atoms with Crippen molar-refractivity contribution in [1.82, 2.24) is 20.3 Å². The van der Waals surface area contributed by atoms with Gasteiger partial charge < -0.3 is 16.2 Å². The molecule has 2 rings (SSSR count). The van der Waals surface area contributed by atoms with E-state index in [1.165, 1.54) is 0 Å². The number of aromatic nitrogens is 3. The first-order valence-electron chi connectivity index (χ1n) is 5.81. The number of phenolic OH excluding ortho intramolecular Hbond substituents is 1. The highest BCUT2D eigenvalue weighted by atomic mass is 16.3. The normalized spacial score (nSPS) is 10.4. The first kappa shape index (κ1) is 13.0. The topological polar surface area (TPSA) is 106 Å². The predicted octanol–water partition coefficient (Wildman–Crippen LogP) is -0.393. The lowest BCUT2D eigenvalue weighted by Gasteiger charge is -2.01. The molecule has 19 heavy (non-hydrogen) atoms. The molecule has 0 aliphatic rings. The number of aromatic hydroxyl groups is 1. The van der Waals surface area contributed by atoms with Gasteiger partial charge in [-0.1, -0.05) is 17.3 Å². The first-order valence-corrected chi connectivity index (χ1v) is 5.81. The molecule has 7 nitrogen and oxygen atoms in total. The van der Waals surface area contributed by atoms with Gasteiger partial charge in [0.05, 0.1) is 25.8 Å². The fraction of sp³-hybridized carbons (Fsp3) is 0.250. The van der Waals surface area contributed by atoms with Crippen LogP contribution in [-0.2, 0) is 17.9 Å². The van der Waals surface area contributed by atoms with Crippen molar-refractivity contribution >= 4 is 5.91 Å². The lowest BCUT2D eigenvalue weighted by atomic mass is 10.2. The van der Waals surface area contributed by atoms with Gasteiger partial charge in [-0.2, -0.15) is 0 Å². The fourth-order valence-electron chi connectivity index (χ4n) is 1.60. The van der Waals surface area contributed by atoms with Crippen molar-refractivity contribution in [2.24, 2.45) is 5.73 Å². The molecule has 1 amide bonds. The summed E-state index contributed by atoms with van der Waals surface area (Å²) in [7, 11) is 0. The molecule has 0 atom stereocenters. The number of hydrogen-bond donors (Lipinski definition) is 3. The second-order valence-electron chi connectivity index (χ2n) is 4.06. The Hall–Kier alpha value is -2.41. The number of carbonyl (C=O) groups is 1. The largest absolute Gasteiger partial charge is 0.508 e. The van der Waals surface area contributed by atoms with E-state index in [9.17, 15) is 9.90 Å². The SMILES string of the molecule is NCC(=O)NCc1cn(Cc2cccc(O)c2)nn1. The van der Waals surface area contributed by atoms with Crippen LogP contribution in [0.2, 0.25) is 0 Å². The molecule has 2 aromatic rings. The summed E-state index contributed by atoms with van der Waals surface area (Å²) >= 11 is 0. The zero-order valence-corrected chi connectivity index (χ0v) is 10.3. The Morgan fingerprint density at radius 1 is 1.47 bits per heavy atom. The average molecular weight is 261 g/mol. The van der Waals surface area contributed by atoms with Gasteiger partial charge >= 0.3 is 0 Å². The second-order valence-corrected chi connectivity index (χ2v) is 4.06. The van der Waals surface area contributed by atoms with Gasteiger partial charge in [0.2, 0.25) is 5.91 Å². The molecule has 0 radical (unpaired) electrons. The molecule has 1 aromatic carbocycles. The number of nitrogens with zero attached hydrogens (tertiary/aromatic N) is 3. The fourth-order valence-corrected chi connectivity index (χ4v) is 1.60. The molecule has 0 bridgehead atoms. The van der Waals surface area contributed by atoms with Crippen LogP contribution in [0.3, 0.4) is 0 Å². The van der Waals surface area contributed by atoms with Crippen molar-refractivity contribution in [3.63, 3.8) is 0 Å². The van der Waals surface area contributed by atoms with Crippen LogP contribution in [-0.4, -0.2) is 32.6 Å². The Balaban J connectivity index is 1.95. The van der Waals surface area contributed by atoms with Crippen molar-refractivity contribution in [2.45, 2.75) is 13.1 Å². The van der Waals surface area contributed by atoms with E-state index in [1.807, 2.05) is 6.07 Å². The van der Waals surface area contributed by atoms with Crippen LogP contribution >= 0.6 is 0 Å². The maximum Gasteiger partial charge on any atom is 0.234 e. The summed E-state index contributed by atoms with van der Waals surface area (Å²) in [5.41, 5.74) is 6.75. The van der Waals surface area contributed by atoms with Gasteiger partial charge in [-0.05, 0) is 17.7 Å². The number of hydrogen-bond acceptors (Lipinski definition) is 5. The lowest BCUT2D eigenvalue weighted by molar-refractivity contribution is -0.119. The highest BCUT2D eigenvalue weighted by Gasteiger charge is 2.04. The molecule has 0 saturated carbocycles. The zero-order valence-electron chi connectivity index (χ0n) is 10.3. The number of nitrogens with one attached hydrogen (secondary N) is 1. The molecule has 4 N–H and O–H groups in total. The molecule has 0 spiro atoms. The van der Waals surface area contributed by atoms with E-state index in [4.69, 9.17) is 5.73 Å². The summed E-state index contributed by atoms with van der Waals surface area (Å²) in [4.78, 5) is 11.0. The number of carbonyl (C=O) groups excluding carboxylic acids is 1. The standard InChI is InChI=1S/C12H15N5O2/c13-5-12(19)14-6-10-8-17(16-15-10)7-9-2-1-3-11(18)4-9/h1-4,8,18H,5-7,13H2,(H,14,19). The molecule has 100 valence electrons. The van der Waals surface area contributed by atoms with Gasteiger partial charge in [0.25, 0.3) is 0 Å². The second kappa shape index (κ2) is 5.96. The maximum absolute atomic E-state index is 11.0. The zero-order chi connectivity index (χ0) is 13.7. The molecular formula is C12H15N5O2.